The van der Waals surface area contributed by atoms with Crippen LogP contribution in [0, 0.1) is 20.8 Å². The van der Waals surface area contributed by atoms with Gasteiger partial charge in [-0.15, -0.1) is 0 Å². The normalized spacial score (nSPS) is 11.4. The Morgan fingerprint density at radius 3 is 2.50 bits per heavy atom. The highest BCUT2D eigenvalue weighted by molar-refractivity contribution is 6.12. The molecule has 28 heavy (non-hydrogen) atoms. The summed E-state index contributed by atoms with van der Waals surface area (Å²) in [5, 5.41) is 1.75. The highest BCUT2D eigenvalue weighted by Gasteiger charge is 2.22. The van der Waals surface area contributed by atoms with Crippen LogP contribution in [0.1, 0.15) is 16.8 Å². The van der Waals surface area contributed by atoms with Crippen molar-refractivity contribution in [1.82, 2.24) is 19.5 Å². The molecule has 0 amide bonds. The molecule has 0 radical (unpaired) electrons. The number of hydrogen-bond acceptors (Lipinski definition) is 6. The molecule has 0 saturated heterocycles. The number of rotatable bonds is 3. The van der Waals surface area contributed by atoms with Gasteiger partial charge in [0.1, 0.15) is 23.5 Å². The van der Waals surface area contributed by atoms with Gasteiger partial charge in [-0.2, -0.15) is 0 Å². The first-order valence-electron chi connectivity index (χ1n) is 9.09. The summed E-state index contributed by atoms with van der Waals surface area (Å²) in [6, 6.07) is 6.14. The number of pyridine rings is 1. The van der Waals surface area contributed by atoms with Crippen molar-refractivity contribution in [3.63, 3.8) is 0 Å². The molecule has 4 aromatic rings. The van der Waals surface area contributed by atoms with Crippen molar-refractivity contribution in [2.45, 2.75) is 20.8 Å². The molecule has 0 aliphatic carbocycles. The third-order valence-electron chi connectivity index (χ3n) is 5.22. The number of aryl methyl sites for hydroxylation is 2. The summed E-state index contributed by atoms with van der Waals surface area (Å²) in [7, 11) is 5.69. The minimum atomic E-state index is 0.447. The number of fused-ring (bicyclic) bond motifs is 3. The monoisotopic (exact) mass is 376 g/mol. The van der Waals surface area contributed by atoms with E-state index in [1.807, 2.05) is 45.0 Å². The number of nitrogen functional groups attached to an aromatic ring is 1. The molecule has 0 bridgehead atoms. The first-order chi connectivity index (χ1) is 13.3. The molecule has 0 spiro atoms. The lowest BCUT2D eigenvalue weighted by Crippen LogP contribution is -2.11. The van der Waals surface area contributed by atoms with Crippen molar-refractivity contribution in [3.8, 4) is 11.4 Å². The number of methoxy groups -OCH3 is 1. The van der Waals surface area contributed by atoms with Gasteiger partial charge in [0.25, 0.3) is 0 Å². The van der Waals surface area contributed by atoms with Gasteiger partial charge in [0.15, 0.2) is 5.65 Å². The van der Waals surface area contributed by atoms with Crippen LogP contribution >= 0.6 is 0 Å². The summed E-state index contributed by atoms with van der Waals surface area (Å²) in [4.78, 5) is 15.8. The maximum Gasteiger partial charge on any atom is 0.152 e. The van der Waals surface area contributed by atoms with Crippen LogP contribution in [0.5, 0.6) is 5.75 Å². The summed E-state index contributed by atoms with van der Waals surface area (Å²) >= 11 is 0. The third kappa shape index (κ3) is 2.46. The van der Waals surface area contributed by atoms with E-state index in [1.165, 1.54) is 6.33 Å². The average Bonchev–Trinajstić information content (AvgIpc) is 2.96. The van der Waals surface area contributed by atoms with Gasteiger partial charge in [-0.25, -0.2) is 15.0 Å². The molecule has 1 aromatic carbocycles. The van der Waals surface area contributed by atoms with E-state index < -0.39 is 0 Å². The van der Waals surface area contributed by atoms with Gasteiger partial charge < -0.3 is 15.4 Å². The molecule has 4 rings (SSSR count). The summed E-state index contributed by atoms with van der Waals surface area (Å²) in [5.74, 6) is 1.27. The molecule has 7 heteroatoms. The smallest absolute Gasteiger partial charge is 0.152 e. The molecular weight excluding hydrogens is 352 g/mol. The van der Waals surface area contributed by atoms with Gasteiger partial charge in [0.05, 0.1) is 29.6 Å². The number of nitrogens with zero attached hydrogens (tertiary/aromatic N) is 5. The highest BCUT2D eigenvalue weighted by Crippen LogP contribution is 2.38. The molecule has 7 nitrogen and oxygen atoms in total. The van der Waals surface area contributed by atoms with Gasteiger partial charge in [-0.05, 0) is 38.5 Å². The van der Waals surface area contributed by atoms with E-state index in [0.717, 1.165) is 56.0 Å². The van der Waals surface area contributed by atoms with Crippen LogP contribution in [-0.4, -0.2) is 40.7 Å². The molecular formula is C21H24N6O. The Bertz CT molecular complexity index is 1230. The lowest BCUT2D eigenvalue weighted by Gasteiger charge is -2.17. The van der Waals surface area contributed by atoms with Gasteiger partial charge in [-0.1, -0.05) is 6.07 Å². The van der Waals surface area contributed by atoms with E-state index in [4.69, 9.17) is 15.5 Å². The summed E-state index contributed by atoms with van der Waals surface area (Å²) in [5.41, 5.74) is 12.9. The number of nitrogens with two attached hydrogens (primary N) is 1. The number of ether oxygens (including phenoxy) is 1. The summed E-state index contributed by atoms with van der Waals surface area (Å²) < 4.78 is 7.63. The van der Waals surface area contributed by atoms with Crippen molar-refractivity contribution < 1.29 is 4.74 Å². The zero-order valence-corrected chi connectivity index (χ0v) is 17.0. The Morgan fingerprint density at radius 2 is 1.82 bits per heavy atom. The molecule has 0 aliphatic heterocycles. The van der Waals surface area contributed by atoms with Crippen molar-refractivity contribution in [2.24, 2.45) is 0 Å². The zero-order chi connectivity index (χ0) is 20.2. The molecule has 0 unspecified atom stereocenters. The van der Waals surface area contributed by atoms with Gasteiger partial charge >= 0.3 is 0 Å². The van der Waals surface area contributed by atoms with Crippen LogP contribution in [0.25, 0.3) is 27.8 Å². The number of aromatic nitrogens is 4. The molecule has 2 N–H and O–H groups in total. The second kappa shape index (κ2) is 6.37. The second-order valence-electron chi connectivity index (χ2n) is 7.21. The molecule has 0 aliphatic rings. The van der Waals surface area contributed by atoms with Gasteiger partial charge in [0.2, 0.25) is 0 Å². The molecule has 3 aromatic heterocycles. The van der Waals surface area contributed by atoms with E-state index in [1.54, 1.807) is 7.11 Å². The Hall–Kier alpha value is -3.35. The molecule has 0 fully saturated rings. The zero-order valence-electron chi connectivity index (χ0n) is 17.0. The lowest BCUT2D eigenvalue weighted by molar-refractivity contribution is 0.411. The summed E-state index contributed by atoms with van der Waals surface area (Å²) in [6.07, 6.45) is 1.50. The minimum absolute atomic E-state index is 0.447. The number of anilines is 2. The van der Waals surface area contributed by atoms with Crippen LogP contribution in [0.2, 0.25) is 0 Å². The lowest BCUT2D eigenvalue weighted by atomic mass is 10.1. The molecule has 0 atom stereocenters. The fourth-order valence-corrected chi connectivity index (χ4v) is 3.90. The minimum Gasteiger partial charge on any atom is -0.496 e. The standard InChI is InChI=1S/C21H24N6O/c1-11-7-8-16(28-6)12(2)18(11)27-20-14(9-15(26(4)5)13(3)25-20)17-19(22)23-10-24-21(17)27/h7-10H,1-6H3,(H2,22,23,24). The van der Waals surface area contributed by atoms with Gasteiger partial charge in [-0.3, -0.25) is 4.57 Å². The van der Waals surface area contributed by atoms with Crippen molar-refractivity contribution in [3.05, 3.63) is 41.3 Å². The van der Waals surface area contributed by atoms with Gasteiger partial charge in [0, 0.05) is 25.0 Å². The fraction of sp³-hybridized carbons (Fsp3) is 0.286. The van der Waals surface area contributed by atoms with Crippen LogP contribution in [-0.2, 0) is 0 Å². The predicted molar refractivity (Wildman–Crippen MR) is 114 cm³/mol. The van der Waals surface area contributed by atoms with E-state index in [0.29, 0.717) is 5.82 Å². The van der Waals surface area contributed by atoms with Crippen LogP contribution in [0.4, 0.5) is 11.5 Å². The Labute approximate surface area is 163 Å². The van der Waals surface area contributed by atoms with Crippen LogP contribution in [0.3, 0.4) is 0 Å². The average molecular weight is 376 g/mol. The molecule has 3 heterocycles. The van der Waals surface area contributed by atoms with Crippen molar-refractivity contribution in [2.75, 3.05) is 31.8 Å². The Balaban J connectivity index is 2.24. The number of hydrogen-bond donors (Lipinski definition) is 1. The van der Waals surface area contributed by atoms with Crippen molar-refractivity contribution in [1.29, 1.82) is 0 Å². The SMILES string of the molecule is COc1ccc(C)c(-n2c3nc(C)c(N(C)C)cc3c3c(N)ncnc32)c1C. The van der Waals surface area contributed by atoms with E-state index in [2.05, 4.69) is 27.5 Å². The predicted octanol–water partition coefficient (Wildman–Crippen LogP) is 3.55. The van der Waals surface area contributed by atoms with E-state index in [9.17, 15) is 0 Å². The van der Waals surface area contributed by atoms with Crippen LogP contribution < -0.4 is 15.4 Å². The largest absolute Gasteiger partial charge is 0.496 e. The third-order valence-corrected chi connectivity index (χ3v) is 5.22. The van der Waals surface area contributed by atoms with Crippen LogP contribution in [0.15, 0.2) is 24.5 Å². The Kier molecular flexibility index (Phi) is 4.10. The van der Waals surface area contributed by atoms with Crippen molar-refractivity contribution >= 4 is 33.6 Å². The topological polar surface area (TPSA) is 82.1 Å². The maximum atomic E-state index is 6.28. The quantitative estimate of drug-likeness (QED) is 0.589. The molecule has 144 valence electrons. The highest BCUT2D eigenvalue weighted by atomic mass is 16.5. The summed E-state index contributed by atoms with van der Waals surface area (Å²) in [6.45, 7) is 6.13. The fourth-order valence-electron chi connectivity index (χ4n) is 3.90. The Morgan fingerprint density at radius 1 is 1.07 bits per heavy atom. The molecule has 0 saturated carbocycles. The first-order valence-corrected chi connectivity index (χ1v) is 9.09. The van der Waals surface area contributed by atoms with E-state index >= 15 is 0 Å². The number of benzene rings is 1. The maximum absolute atomic E-state index is 6.28. The first kappa shape index (κ1) is 18.0. The van der Waals surface area contributed by atoms with E-state index in [-0.39, 0.29) is 0 Å². The second-order valence-corrected chi connectivity index (χ2v) is 7.21.